The number of halogens is 1. The van der Waals surface area contributed by atoms with Crippen molar-refractivity contribution >= 4 is 21.7 Å². The highest BCUT2D eigenvalue weighted by atomic mass is 79.9. The summed E-state index contributed by atoms with van der Waals surface area (Å²) in [5.41, 5.74) is 0.562. The summed E-state index contributed by atoms with van der Waals surface area (Å²) in [7, 11) is 1.58. The number of methoxy groups -OCH3 is 1. The third kappa shape index (κ3) is 2.42. The monoisotopic (exact) mass is 294 g/mol. The number of ether oxygens (including phenoxy) is 1. The molecule has 0 saturated carbocycles. The van der Waals surface area contributed by atoms with E-state index in [9.17, 15) is 4.79 Å². The van der Waals surface area contributed by atoms with Crippen molar-refractivity contribution in [1.82, 2.24) is 0 Å². The molecule has 17 heavy (non-hydrogen) atoms. The van der Waals surface area contributed by atoms with Crippen LogP contribution >= 0.6 is 15.9 Å². The highest BCUT2D eigenvalue weighted by Gasteiger charge is 2.14. The maximum Gasteiger partial charge on any atom is 0.228 e. The second kappa shape index (κ2) is 4.75. The summed E-state index contributed by atoms with van der Waals surface area (Å²) in [6, 6.07) is 8.62. The molecule has 2 rings (SSSR count). The molecule has 3 nitrogen and oxygen atoms in total. The van der Waals surface area contributed by atoms with Crippen LogP contribution in [0.2, 0.25) is 0 Å². The standard InChI is InChI=1S/C13H11BrO3/c1-8-3-5-12(17-8)13(15)9-4-6-11(16-2)10(14)7-9/h3-7H,1-2H3. The number of ketones is 1. The van der Waals surface area contributed by atoms with Crippen molar-refractivity contribution < 1.29 is 13.9 Å². The lowest BCUT2D eigenvalue weighted by atomic mass is 10.1. The summed E-state index contributed by atoms with van der Waals surface area (Å²) >= 11 is 3.35. The maximum atomic E-state index is 12.1. The van der Waals surface area contributed by atoms with Crippen LogP contribution in [0.1, 0.15) is 21.9 Å². The van der Waals surface area contributed by atoms with Crippen LogP contribution in [-0.4, -0.2) is 12.9 Å². The van der Waals surface area contributed by atoms with Gasteiger partial charge >= 0.3 is 0 Å². The Hall–Kier alpha value is -1.55. The Bertz CT molecular complexity index is 558. The lowest BCUT2D eigenvalue weighted by Crippen LogP contribution is -1.99. The molecule has 1 aromatic carbocycles. The molecule has 0 atom stereocenters. The third-order valence-corrected chi connectivity index (χ3v) is 3.00. The van der Waals surface area contributed by atoms with Crippen molar-refractivity contribution in [3.8, 4) is 5.75 Å². The van der Waals surface area contributed by atoms with E-state index in [1.54, 1.807) is 44.4 Å². The molecule has 0 saturated heterocycles. The molecular formula is C13H11BrO3. The van der Waals surface area contributed by atoms with Gasteiger partial charge in [0.1, 0.15) is 11.5 Å². The van der Waals surface area contributed by atoms with Gasteiger partial charge in [0.2, 0.25) is 5.78 Å². The second-order valence-corrected chi connectivity index (χ2v) is 4.44. The van der Waals surface area contributed by atoms with E-state index in [2.05, 4.69) is 15.9 Å². The van der Waals surface area contributed by atoms with E-state index in [1.807, 2.05) is 0 Å². The number of carbonyl (C=O) groups is 1. The van der Waals surface area contributed by atoms with Crippen molar-refractivity contribution in [2.45, 2.75) is 6.92 Å². The van der Waals surface area contributed by atoms with E-state index < -0.39 is 0 Å². The van der Waals surface area contributed by atoms with Crippen LogP contribution in [0.4, 0.5) is 0 Å². The molecule has 1 heterocycles. The summed E-state index contributed by atoms with van der Waals surface area (Å²) in [4.78, 5) is 12.1. The highest BCUT2D eigenvalue weighted by molar-refractivity contribution is 9.10. The topological polar surface area (TPSA) is 39.4 Å². The van der Waals surface area contributed by atoms with Crippen LogP contribution in [0.3, 0.4) is 0 Å². The smallest absolute Gasteiger partial charge is 0.228 e. The number of rotatable bonds is 3. The predicted molar refractivity (Wildman–Crippen MR) is 67.6 cm³/mol. The number of hydrogen-bond donors (Lipinski definition) is 0. The van der Waals surface area contributed by atoms with Crippen LogP contribution in [0, 0.1) is 6.92 Å². The quantitative estimate of drug-likeness (QED) is 0.812. The van der Waals surface area contributed by atoms with Gasteiger partial charge in [0.25, 0.3) is 0 Å². The van der Waals surface area contributed by atoms with Gasteiger partial charge in [-0.3, -0.25) is 4.79 Å². The predicted octanol–water partition coefficient (Wildman–Crippen LogP) is 3.59. The molecular weight excluding hydrogens is 284 g/mol. The van der Waals surface area contributed by atoms with Gasteiger partial charge in [-0.1, -0.05) is 0 Å². The molecule has 0 aliphatic heterocycles. The van der Waals surface area contributed by atoms with E-state index in [0.717, 1.165) is 10.2 Å². The first-order chi connectivity index (χ1) is 8.11. The summed E-state index contributed by atoms with van der Waals surface area (Å²) in [6.45, 7) is 1.81. The van der Waals surface area contributed by atoms with Gasteiger partial charge in [-0.2, -0.15) is 0 Å². The van der Waals surface area contributed by atoms with E-state index in [-0.39, 0.29) is 5.78 Å². The van der Waals surface area contributed by atoms with Gasteiger partial charge < -0.3 is 9.15 Å². The first-order valence-electron chi connectivity index (χ1n) is 5.06. The van der Waals surface area contributed by atoms with Crippen LogP contribution in [0.5, 0.6) is 5.75 Å². The van der Waals surface area contributed by atoms with Gasteiger partial charge in [-0.05, 0) is 53.2 Å². The Labute approximate surface area is 108 Å². The minimum absolute atomic E-state index is 0.138. The maximum absolute atomic E-state index is 12.1. The van der Waals surface area contributed by atoms with Crippen LogP contribution in [-0.2, 0) is 0 Å². The van der Waals surface area contributed by atoms with Gasteiger partial charge in [0.15, 0.2) is 5.76 Å². The fourth-order valence-electron chi connectivity index (χ4n) is 1.51. The molecule has 0 aliphatic carbocycles. The summed E-state index contributed by atoms with van der Waals surface area (Å²) < 4.78 is 11.2. The molecule has 1 aromatic heterocycles. The van der Waals surface area contributed by atoms with Crippen molar-refractivity contribution in [2.75, 3.05) is 7.11 Å². The van der Waals surface area contributed by atoms with Gasteiger partial charge in [-0.15, -0.1) is 0 Å². The number of carbonyl (C=O) groups excluding carboxylic acids is 1. The third-order valence-electron chi connectivity index (χ3n) is 2.38. The average molecular weight is 295 g/mol. The van der Waals surface area contributed by atoms with Crippen molar-refractivity contribution in [1.29, 1.82) is 0 Å². The Morgan fingerprint density at radius 2 is 2.06 bits per heavy atom. The van der Waals surface area contributed by atoms with Crippen LogP contribution in [0.25, 0.3) is 0 Å². The summed E-state index contributed by atoms with van der Waals surface area (Å²) in [5, 5.41) is 0. The molecule has 0 spiro atoms. The molecule has 0 unspecified atom stereocenters. The Morgan fingerprint density at radius 1 is 1.29 bits per heavy atom. The Balaban J connectivity index is 2.35. The number of aryl methyl sites for hydroxylation is 1. The van der Waals surface area contributed by atoms with Crippen molar-refractivity contribution in [2.24, 2.45) is 0 Å². The molecule has 2 aromatic rings. The Kier molecular flexibility index (Phi) is 3.33. The lowest BCUT2D eigenvalue weighted by molar-refractivity contribution is 0.101. The molecule has 0 radical (unpaired) electrons. The van der Waals surface area contributed by atoms with Crippen LogP contribution < -0.4 is 4.74 Å². The zero-order valence-corrected chi connectivity index (χ0v) is 11.1. The van der Waals surface area contributed by atoms with Crippen molar-refractivity contribution in [3.63, 3.8) is 0 Å². The van der Waals surface area contributed by atoms with Gasteiger partial charge in [0.05, 0.1) is 11.6 Å². The summed E-state index contributed by atoms with van der Waals surface area (Å²) in [6.07, 6.45) is 0. The minimum Gasteiger partial charge on any atom is -0.496 e. The van der Waals surface area contributed by atoms with E-state index in [0.29, 0.717) is 17.1 Å². The number of benzene rings is 1. The van der Waals surface area contributed by atoms with Crippen LogP contribution in [0.15, 0.2) is 39.2 Å². The number of hydrogen-bond acceptors (Lipinski definition) is 3. The second-order valence-electron chi connectivity index (χ2n) is 3.59. The van der Waals surface area contributed by atoms with Crippen molar-refractivity contribution in [3.05, 3.63) is 51.9 Å². The number of furan rings is 1. The SMILES string of the molecule is COc1ccc(C(=O)c2ccc(C)o2)cc1Br. The molecule has 0 fully saturated rings. The highest BCUT2D eigenvalue weighted by Crippen LogP contribution is 2.26. The first kappa shape index (κ1) is 11.9. The fourth-order valence-corrected chi connectivity index (χ4v) is 2.05. The molecule has 0 bridgehead atoms. The van der Waals surface area contributed by atoms with Gasteiger partial charge in [0, 0.05) is 5.56 Å². The largest absolute Gasteiger partial charge is 0.496 e. The summed E-state index contributed by atoms with van der Waals surface area (Å²) in [5.74, 6) is 1.62. The molecule has 0 amide bonds. The van der Waals surface area contributed by atoms with E-state index in [4.69, 9.17) is 9.15 Å². The fraction of sp³-hybridized carbons (Fsp3) is 0.154. The average Bonchev–Trinajstić information content (AvgIpc) is 2.75. The zero-order valence-electron chi connectivity index (χ0n) is 9.49. The van der Waals surface area contributed by atoms with E-state index in [1.165, 1.54) is 0 Å². The molecule has 4 heteroatoms. The molecule has 0 aliphatic rings. The normalized spacial score (nSPS) is 10.3. The van der Waals surface area contributed by atoms with E-state index >= 15 is 0 Å². The minimum atomic E-state index is -0.138. The molecule has 88 valence electrons. The molecule has 0 N–H and O–H groups in total. The van der Waals surface area contributed by atoms with Gasteiger partial charge in [-0.25, -0.2) is 0 Å². The first-order valence-corrected chi connectivity index (χ1v) is 5.86. The zero-order chi connectivity index (χ0) is 12.4. The lowest BCUT2D eigenvalue weighted by Gasteiger charge is -2.04. The Morgan fingerprint density at radius 3 is 2.59 bits per heavy atom.